The van der Waals surface area contributed by atoms with Crippen LogP contribution in [-0.4, -0.2) is 23.0 Å². The molecule has 0 aliphatic heterocycles. The smallest absolute Gasteiger partial charge is 0.343 e. The number of nitrogens with zero attached hydrogens (tertiary/aromatic N) is 2. The van der Waals surface area contributed by atoms with Crippen molar-refractivity contribution in [3.63, 3.8) is 0 Å². The van der Waals surface area contributed by atoms with Crippen LogP contribution in [0.15, 0.2) is 35.4 Å². The monoisotopic (exact) mass is 309 g/mol. The summed E-state index contributed by atoms with van der Waals surface area (Å²) in [4.78, 5) is 20.6. The van der Waals surface area contributed by atoms with E-state index in [4.69, 9.17) is 17.3 Å². The van der Waals surface area contributed by atoms with E-state index in [-0.39, 0.29) is 11.4 Å². The lowest BCUT2D eigenvalue weighted by molar-refractivity contribution is 0.0601. The minimum Gasteiger partial charge on any atom is -0.465 e. The third-order valence-corrected chi connectivity index (χ3v) is 3.66. The summed E-state index contributed by atoms with van der Waals surface area (Å²) in [5.74, 6) is 0.650. The van der Waals surface area contributed by atoms with Gasteiger partial charge in [-0.15, -0.1) is 11.8 Å². The number of rotatable bonds is 4. The van der Waals surface area contributed by atoms with Crippen LogP contribution in [0.3, 0.4) is 0 Å². The fourth-order valence-corrected chi connectivity index (χ4v) is 2.55. The molecule has 0 saturated heterocycles. The van der Waals surface area contributed by atoms with Gasteiger partial charge in [0.25, 0.3) is 0 Å². The molecule has 0 aliphatic rings. The maximum Gasteiger partial charge on any atom is 0.343 e. The molecule has 0 atom stereocenters. The zero-order valence-corrected chi connectivity index (χ0v) is 12.2. The highest BCUT2D eigenvalue weighted by Gasteiger charge is 2.12. The van der Waals surface area contributed by atoms with Gasteiger partial charge in [0.1, 0.15) is 17.2 Å². The molecule has 2 N–H and O–H groups in total. The number of benzene rings is 1. The van der Waals surface area contributed by atoms with Crippen LogP contribution >= 0.6 is 23.4 Å². The number of nitrogen functional groups attached to an aromatic ring is 1. The highest BCUT2D eigenvalue weighted by atomic mass is 35.5. The normalized spacial score (nSPS) is 10.3. The van der Waals surface area contributed by atoms with Gasteiger partial charge in [0, 0.05) is 16.1 Å². The van der Waals surface area contributed by atoms with Crippen LogP contribution in [-0.2, 0) is 10.5 Å². The van der Waals surface area contributed by atoms with Crippen LogP contribution in [0.4, 0.5) is 5.82 Å². The van der Waals surface area contributed by atoms with Crippen molar-refractivity contribution in [1.82, 2.24) is 9.97 Å². The van der Waals surface area contributed by atoms with E-state index >= 15 is 0 Å². The highest BCUT2D eigenvalue weighted by molar-refractivity contribution is 7.98. The summed E-state index contributed by atoms with van der Waals surface area (Å²) in [6, 6.07) is 7.49. The maximum atomic E-state index is 11.4. The Morgan fingerprint density at radius 2 is 2.30 bits per heavy atom. The molecule has 0 aliphatic carbocycles. The average Bonchev–Trinajstić information content (AvgIpc) is 2.44. The van der Waals surface area contributed by atoms with Crippen LogP contribution in [0.1, 0.15) is 16.2 Å². The molecule has 0 bridgehead atoms. The second-order valence-electron chi connectivity index (χ2n) is 3.82. The zero-order valence-electron chi connectivity index (χ0n) is 10.7. The van der Waals surface area contributed by atoms with E-state index in [2.05, 4.69) is 14.7 Å². The summed E-state index contributed by atoms with van der Waals surface area (Å²) in [6.07, 6.45) is 1.38. The molecule has 7 heteroatoms. The number of hydrogen-bond donors (Lipinski definition) is 1. The second-order valence-corrected chi connectivity index (χ2v) is 5.31. The first-order valence-corrected chi connectivity index (χ1v) is 7.04. The number of thioether (sulfide) groups is 1. The van der Waals surface area contributed by atoms with Gasteiger partial charge < -0.3 is 10.5 Å². The number of nitrogens with two attached hydrogens (primary N) is 1. The Balaban J connectivity index is 2.07. The fraction of sp³-hybridized carbons (Fsp3) is 0.154. The summed E-state index contributed by atoms with van der Waals surface area (Å²) < 4.78 is 4.58. The lowest BCUT2D eigenvalue weighted by Gasteiger charge is -2.05. The number of carbonyl (C=O) groups is 1. The summed E-state index contributed by atoms with van der Waals surface area (Å²) in [5.41, 5.74) is 5.88. The first-order valence-electron chi connectivity index (χ1n) is 5.68. The van der Waals surface area contributed by atoms with E-state index in [0.717, 1.165) is 4.90 Å². The molecular formula is C13H12ClN3O2S. The number of methoxy groups -OCH3 is 1. The molecular weight excluding hydrogens is 298 g/mol. The quantitative estimate of drug-likeness (QED) is 0.691. The van der Waals surface area contributed by atoms with Crippen molar-refractivity contribution in [3.05, 3.63) is 46.9 Å². The minimum atomic E-state index is -0.545. The van der Waals surface area contributed by atoms with E-state index < -0.39 is 5.97 Å². The molecule has 0 unspecified atom stereocenters. The largest absolute Gasteiger partial charge is 0.465 e. The molecule has 0 radical (unpaired) electrons. The zero-order chi connectivity index (χ0) is 14.5. The lowest BCUT2D eigenvalue weighted by Crippen LogP contribution is -2.09. The predicted molar refractivity (Wildman–Crippen MR) is 78.8 cm³/mol. The van der Waals surface area contributed by atoms with Gasteiger partial charge in [-0.05, 0) is 18.2 Å². The molecule has 1 aromatic carbocycles. The van der Waals surface area contributed by atoms with Gasteiger partial charge in [-0.25, -0.2) is 14.8 Å². The molecule has 0 spiro atoms. The van der Waals surface area contributed by atoms with Crippen molar-refractivity contribution in [3.8, 4) is 0 Å². The molecule has 0 amide bonds. The Labute approximate surface area is 125 Å². The van der Waals surface area contributed by atoms with Crippen molar-refractivity contribution < 1.29 is 9.53 Å². The summed E-state index contributed by atoms with van der Waals surface area (Å²) in [5, 5.41) is 0.677. The average molecular weight is 310 g/mol. The number of hydrogen-bond acceptors (Lipinski definition) is 6. The Hall–Kier alpha value is -1.79. The van der Waals surface area contributed by atoms with Gasteiger partial charge in [-0.2, -0.15) is 0 Å². The molecule has 1 aromatic heterocycles. The first-order chi connectivity index (χ1) is 9.60. The molecule has 20 heavy (non-hydrogen) atoms. The summed E-state index contributed by atoms with van der Waals surface area (Å²) in [7, 11) is 1.28. The van der Waals surface area contributed by atoms with E-state index in [1.54, 1.807) is 0 Å². The van der Waals surface area contributed by atoms with Gasteiger partial charge in [0.05, 0.1) is 12.9 Å². The summed E-state index contributed by atoms with van der Waals surface area (Å²) in [6.45, 7) is 0. The van der Waals surface area contributed by atoms with Crippen LogP contribution < -0.4 is 5.73 Å². The maximum absolute atomic E-state index is 11.4. The van der Waals surface area contributed by atoms with Crippen LogP contribution in [0.2, 0.25) is 5.02 Å². The standard InChI is InChI=1S/C13H12ClN3O2S/c1-19-13(18)10-6-16-11(17-12(10)15)7-20-9-4-2-3-8(14)5-9/h2-6H,7H2,1H3,(H2,15,16,17). The lowest BCUT2D eigenvalue weighted by atomic mass is 10.3. The van der Waals surface area contributed by atoms with Crippen LogP contribution in [0, 0.1) is 0 Å². The van der Waals surface area contributed by atoms with E-state index in [0.29, 0.717) is 16.6 Å². The third-order valence-electron chi connectivity index (χ3n) is 2.44. The van der Waals surface area contributed by atoms with Crippen molar-refractivity contribution in [1.29, 1.82) is 0 Å². The van der Waals surface area contributed by atoms with Crippen molar-refractivity contribution in [2.75, 3.05) is 12.8 Å². The van der Waals surface area contributed by atoms with E-state index in [1.165, 1.54) is 25.1 Å². The summed E-state index contributed by atoms with van der Waals surface area (Å²) >= 11 is 7.44. The van der Waals surface area contributed by atoms with Gasteiger partial charge in [0.2, 0.25) is 0 Å². The molecule has 0 fully saturated rings. The Bertz CT molecular complexity index is 637. The topological polar surface area (TPSA) is 78.1 Å². The molecule has 1 heterocycles. The molecule has 2 aromatic rings. The van der Waals surface area contributed by atoms with Crippen LogP contribution in [0.5, 0.6) is 0 Å². The van der Waals surface area contributed by atoms with Gasteiger partial charge in [0.15, 0.2) is 0 Å². The second kappa shape index (κ2) is 6.58. The van der Waals surface area contributed by atoms with E-state index in [1.807, 2.05) is 24.3 Å². The molecule has 2 rings (SSSR count). The van der Waals surface area contributed by atoms with Gasteiger partial charge >= 0.3 is 5.97 Å². The Morgan fingerprint density at radius 1 is 1.50 bits per heavy atom. The predicted octanol–water partition coefficient (Wildman–Crippen LogP) is 2.79. The van der Waals surface area contributed by atoms with Gasteiger partial charge in [-0.1, -0.05) is 17.7 Å². The Kier molecular flexibility index (Phi) is 4.81. The van der Waals surface area contributed by atoms with E-state index in [9.17, 15) is 4.79 Å². The van der Waals surface area contributed by atoms with Crippen LogP contribution in [0.25, 0.3) is 0 Å². The first kappa shape index (κ1) is 14.6. The number of carbonyl (C=O) groups excluding carboxylic acids is 1. The number of ether oxygens (including phenoxy) is 1. The molecule has 0 saturated carbocycles. The van der Waals surface area contributed by atoms with Crippen molar-refractivity contribution in [2.24, 2.45) is 0 Å². The molecule has 104 valence electrons. The molecule has 5 nitrogen and oxygen atoms in total. The number of anilines is 1. The fourth-order valence-electron chi connectivity index (χ4n) is 1.47. The Morgan fingerprint density at radius 3 is 2.95 bits per heavy atom. The highest BCUT2D eigenvalue weighted by Crippen LogP contribution is 2.24. The van der Waals surface area contributed by atoms with Gasteiger partial charge in [-0.3, -0.25) is 0 Å². The SMILES string of the molecule is COC(=O)c1cnc(CSc2cccc(Cl)c2)nc1N. The number of halogens is 1. The third kappa shape index (κ3) is 3.61. The van der Waals surface area contributed by atoms with Crippen molar-refractivity contribution in [2.45, 2.75) is 10.6 Å². The van der Waals surface area contributed by atoms with Crippen molar-refractivity contribution >= 4 is 35.1 Å². The number of esters is 1. The number of aromatic nitrogens is 2. The minimum absolute atomic E-state index is 0.119.